The molecule has 0 aromatic heterocycles. The molecule has 0 aromatic carbocycles. The molecule has 0 fully saturated rings. The van der Waals surface area contributed by atoms with Crippen LogP contribution >= 0.6 is 0 Å². The average molecular weight is 725 g/mol. The van der Waals surface area contributed by atoms with E-state index in [1.54, 1.807) is 0 Å². The van der Waals surface area contributed by atoms with Crippen LogP contribution in [0.5, 0.6) is 0 Å². The van der Waals surface area contributed by atoms with Gasteiger partial charge in [-0.25, -0.2) is 4.79 Å². The average Bonchev–Trinajstić information content (AvgIpc) is 3.13. The number of carbonyl (C=O) groups excluding carboxylic acids is 2. The summed E-state index contributed by atoms with van der Waals surface area (Å²) in [5.74, 6) is -1.36. The number of nitrogens with two attached hydrogens (primary N) is 1. The largest absolute Gasteiger partial charge is 0.480 e. The maximum atomic E-state index is 12.6. The van der Waals surface area contributed by atoms with Crippen LogP contribution in [0.2, 0.25) is 0 Å². The normalized spacial score (nSPS) is 13.4. The maximum absolute atomic E-state index is 12.6. The number of carbonyl (C=O) groups is 3. The molecule has 2 unspecified atom stereocenters. The molecule has 0 bridgehead atoms. The Balaban J connectivity index is 4.01. The molecule has 0 radical (unpaired) electrons. The Labute approximate surface area is 318 Å². The Morgan fingerprint density at radius 1 is 0.596 bits per heavy atom. The molecular formula is C45H76N2O5. The van der Waals surface area contributed by atoms with E-state index in [1.165, 1.54) is 25.7 Å². The predicted octanol–water partition coefficient (Wildman–Crippen LogP) is 11.6. The van der Waals surface area contributed by atoms with Crippen molar-refractivity contribution in [2.45, 2.75) is 187 Å². The van der Waals surface area contributed by atoms with Gasteiger partial charge >= 0.3 is 11.9 Å². The summed E-state index contributed by atoms with van der Waals surface area (Å²) in [4.78, 5) is 36.1. The summed E-state index contributed by atoms with van der Waals surface area (Å²) in [7, 11) is 0. The number of ether oxygens (including phenoxy) is 1. The summed E-state index contributed by atoms with van der Waals surface area (Å²) in [6, 6.07) is -0.873. The molecule has 0 rings (SSSR count). The Bertz CT molecular complexity index is 1040. The van der Waals surface area contributed by atoms with Gasteiger partial charge in [-0.15, -0.1) is 0 Å². The van der Waals surface area contributed by atoms with Crippen molar-refractivity contribution in [2.75, 3.05) is 6.54 Å². The Morgan fingerprint density at radius 2 is 1.12 bits per heavy atom. The zero-order valence-corrected chi connectivity index (χ0v) is 33.1. The van der Waals surface area contributed by atoms with E-state index in [4.69, 9.17) is 10.5 Å². The molecule has 7 heteroatoms. The molecule has 0 heterocycles. The molecule has 0 aromatic rings. The first-order valence-electron chi connectivity index (χ1n) is 20.8. The van der Waals surface area contributed by atoms with Gasteiger partial charge in [0.2, 0.25) is 5.91 Å². The zero-order valence-electron chi connectivity index (χ0n) is 33.1. The second-order valence-electron chi connectivity index (χ2n) is 13.7. The summed E-state index contributed by atoms with van der Waals surface area (Å²) in [5.41, 5.74) is 5.46. The number of hydrogen-bond acceptors (Lipinski definition) is 5. The van der Waals surface area contributed by atoms with E-state index in [1.807, 2.05) is 6.08 Å². The van der Waals surface area contributed by atoms with Crippen molar-refractivity contribution in [3.8, 4) is 0 Å². The first-order valence-corrected chi connectivity index (χ1v) is 20.8. The van der Waals surface area contributed by atoms with Crippen LogP contribution in [-0.2, 0) is 19.1 Å². The molecule has 0 aliphatic rings. The third-order valence-corrected chi connectivity index (χ3v) is 8.74. The molecular weight excluding hydrogens is 649 g/mol. The van der Waals surface area contributed by atoms with Crippen LogP contribution in [0.25, 0.3) is 0 Å². The number of nitrogens with one attached hydrogen (secondary N) is 1. The van der Waals surface area contributed by atoms with Gasteiger partial charge in [0.15, 0.2) is 0 Å². The fraction of sp³-hybridized carbons (Fsp3) is 0.667. The summed E-state index contributed by atoms with van der Waals surface area (Å²) >= 11 is 0. The Kier molecular flexibility index (Phi) is 36.6. The number of amides is 1. The van der Waals surface area contributed by atoms with E-state index >= 15 is 0 Å². The lowest BCUT2D eigenvalue weighted by atomic mass is 10.1. The van der Waals surface area contributed by atoms with Crippen LogP contribution < -0.4 is 11.1 Å². The first-order chi connectivity index (χ1) is 25.4. The zero-order chi connectivity index (χ0) is 38.2. The van der Waals surface area contributed by atoms with Crippen LogP contribution in [0.1, 0.15) is 174 Å². The predicted molar refractivity (Wildman–Crippen MR) is 220 cm³/mol. The van der Waals surface area contributed by atoms with Crippen molar-refractivity contribution in [1.82, 2.24) is 5.32 Å². The van der Waals surface area contributed by atoms with Gasteiger partial charge in [0, 0.05) is 12.8 Å². The van der Waals surface area contributed by atoms with E-state index in [0.717, 1.165) is 103 Å². The maximum Gasteiger partial charge on any atom is 0.326 e. The lowest BCUT2D eigenvalue weighted by Crippen LogP contribution is -2.40. The number of carboxylic acid groups (broad SMARTS) is 1. The molecule has 52 heavy (non-hydrogen) atoms. The highest BCUT2D eigenvalue weighted by Crippen LogP contribution is 2.15. The second-order valence-corrected chi connectivity index (χ2v) is 13.7. The van der Waals surface area contributed by atoms with Crippen LogP contribution in [0.15, 0.2) is 72.9 Å². The van der Waals surface area contributed by atoms with Gasteiger partial charge in [-0.2, -0.15) is 0 Å². The Morgan fingerprint density at radius 3 is 1.69 bits per heavy atom. The van der Waals surface area contributed by atoms with Crippen molar-refractivity contribution in [1.29, 1.82) is 0 Å². The molecule has 0 saturated heterocycles. The minimum absolute atomic E-state index is 0.110. The highest BCUT2D eigenvalue weighted by atomic mass is 16.5. The van der Waals surface area contributed by atoms with Gasteiger partial charge in [0.25, 0.3) is 0 Å². The molecule has 4 N–H and O–H groups in total. The lowest BCUT2D eigenvalue weighted by Gasteiger charge is -2.15. The third-order valence-electron chi connectivity index (χ3n) is 8.74. The van der Waals surface area contributed by atoms with Gasteiger partial charge < -0.3 is 20.9 Å². The lowest BCUT2D eigenvalue weighted by molar-refractivity contribution is -0.147. The summed E-state index contributed by atoms with van der Waals surface area (Å²) < 4.78 is 5.85. The number of allylic oxidation sites excluding steroid dienone is 11. The van der Waals surface area contributed by atoms with E-state index in [0.29, 0.717) is 38.6 Å². The minimum atomic E-state index is -1.02. The third kappa shape index (κ3) is 35.2. The molecule has 296 valence electrons. The first kappa shape index (κ1) is 48.8. The molecule has 0 aliphatic carbocycles. The van der Waals surface area contributed by atoms with Gasteiger partial charge in [-0.1, -0.05) is 138 Å². The van der Waals surface area contributed by atoms with Crippen LogP contribution in [0, 0.1) is 0 Å². The number of esters is 1. The van der Waals surface area contributed by atoms with E-state index < -0.39 is 12.0 Å². The minimum Gasteiger partial charge on any atom is -0.480 e. The van der Waals surface area contributed by atoms with E-state index in [9.17, 15) is 19.5 Å². The number of carboxylic acids is 1. The van der Waals surface area contributed by atoms with Crippen molar-refractivity contribution < 1.29 is 24.2 Å². The second kappa shape index (κ2) is 39.0. The molecule has 0 aliphatic heterocycles. The van der Waals surface area contributed by atoms with Crippen LogP contribution in [0.3, 0.4) is 0 Å². The van der Waals surface area contributed by atoms with Gasteiger partial charge in [-0.3, -0.25) is 9.59 Å². The number of rotatable bonds is 36. The highest BCUT2D eigenvalue weighted by molar-refractivity contribution is 5.83. The highest BCUT2D eigenvalue weighted by Gasteiger charge is 2.19. The van der Waals surface area contributed by atoms with E-state index in [2.05, 4.69) is 86.0 Å². The van der Waals surface area contributed by atoms with Crippen molar-refractivity contribution in [3.05, 3.63) is 72.9 Å². The summed E-state index contributed by atoms with van der Waals surface area (Å²) in [6.45, 7) is 4.73. The number of unbranched alkanes of at least 4 members (excludes halogenated alkanes) is 12. The SMILES string of the molecule is CC/C=C\C/C=C\C/C=C\C/C=C\C/C=C\CCCCCCCCCC(=O)OC(/C=C\CCCC)CCCCCCC(=O)NC(CCCN)C(=O)O. The van der Waals surface area contributed by atoms with Crippen molar-refractivity contribution in [2.24, 2.45) is 5.73 Å². The van der Waals surface area contributed by atoms with Crippen molar-refractivity contribution >= 4 is 17.8 Å². The smallest absolute Gasteiger partial charge is 0.326 e. The van der Waals surface area contributed by atoms with Crippen LogP contribution in [-0.4, -0.2) is 41.6 Å². The molecule has 1 amide bonds. The van der Waals surface area contributed by atoms with Gasteiger partial charge in [-0.05, 0) is 103 Å². The molecule has 0 spiro atoms. The van der Waals surface area contributed by atoms with Gasteiger partial charge in [0.1, 0.15) is 12.1 Å². The fourth-order valence-electron chi connectivity index (χ4n) is 5.61. The summed E-state index contributed by atoms with van der Waals surface area (Å²) in [6.07, 6.45) is 49.9. The molecule has 7 nitrogen and oxygen atoms in total. The van der Waals surface area contributed by atoms with E-state index in [-0.39, 0.29) is 18.0 Å². The number of aliphatic carboxylic acids is 1. The molecule has 0 saturated carbocycles. The molecule has 2 atom stereocenters. The quantitative estimate of drug-likeness (QED) is 0.0336. The summed E-state index contributed by atoms with van der Waals surface area (Å²) in [5, 5.41) is 11.9. The van der Waals surface area contributed by atoms with Gasteiger partial charge in [0.05, 0.1) is 0 Å². The monoisotopic (exact) mass is 725 g/mol. The van der Waals surface area contributed by atoms with Crippen LogP contribution in [0.4, 0.5) is 0 Å². The standard InChI is InChI=1S/C45H76N2O5/c1-3-5-7-9-10-11-12-13-14-15-16-17-18-19-20-21-22-23-24-25-26-27-33-39-44(49)52-41(35-30-8-6-4-2)36-31-28-29-32-38-43(48)47-42(45(50)51)37-34-40-46/h5,7,10-11,13-14,16-17,19-20,30,35,41-42H,3-4,6,8-9,12,15,18,21-29,31-34,36-40,46H2,1-2H3,(H,47,48)(H,50,51)/b7-5-,11-10-,14-13-,17-16-,20-19-,35-30-. The number of hydrogen-bond donors (Lipinski definition) is 3. The topological polar surface area (TPSA) is 119 Å². The van der Waals surface area contributed by atoms with Crippen molar-refractivity contribution in [3.63, 3.8) is 0 Å². The fourth-order valence-corrected chi connectivity index (χ4v) is 5.61. The Hall–Kier alpha value is -3.19.